The molecule has 0 atom stereocenters. The summed E-state index contributed by atoms with van der Waals surface area (Å²) in [5.41, 5.74) is -1.37. The van der Waals surface area contributed by atoms with E-state index >= 15 is 0 Å². The van der Waals surface area contributed by atoms with Crippen LogP contribution in [0.5, 0.6) is 0 Å². The molecule has 0 saturated heterocycles. The Labute approximate surface area is 129 Å². The van der Waals surface area contributed by atoms with Crippen molar-refractivity contribution in [3.63, 3.8) is 0 Å². The highest BCUT2D eigenvalue weighted by Gasteiger charge is 2.27. The molecule has 1 amide bonds. The summed E-state index contributed by atoms with van der Waals surface area (Å²) in [5.74, 6) is 0. The van der Waals surface area contributed by atoms with E-state index in [9.17, 15) is 13.2 Å². The van der Waals surface area contributed by atoms with Crippen molar-refractivity contribution in [2.24, 2.45) is 0 Å². The molecule has 0 aliphatic heterocycles. The highest BCUT2D eigenvalue weighted by molar-refractivity contribution is 7.91. The summed E-state index contributed by atoms with van der Waals surface area (Å²) in [6.45, 7) is 8.78. The molecule has 0 unspecified atom stereocenters. The molecular formula is C13H22N2O4S2. The summed E-state index contributed by atoms with van der Waals surface area (Å²) >= 11 is 1.14. The molecule has 2 N–H and O–H groups in total. The first kappa shape index (κ1) is 17.9. The van der Waals surface area contributed by atoms with Crippen molar-refractivity contribution in [2.45, 2.75) is 50.0 Å². The molecule has 1 heterocycles. The summed E-state index contributed by atoms with van der Waals surface area (Å²) in [7, 11) is -3.54. The first-order chi connectivity index (χ1) is 9.41. The highest BCUT2D eigenvalue weighted by Crippen LogP contribution is 2.16. The second kappa shape index (κ2) is 6.33. The van der Waals surface area contributed by atoms with Gasteiger partial charge in [0, 0.05) is 6.54 Å². The molecule has 0 saturated carbocycles. The normalized spacial score (nSPS) is 13.0. The van der Waals surface area contributed by atoms with Crippen molar-refractivity contribution < 1.29 is 17.9 Å². The Morgan fingerprint density at radius 2 is 1.90 bits per heavy atom. The maximum atomic E-state index is 12.0. The minimum absolute atomic E-state index is 0.0620. The van der Waals surface area contributed by atoms with E-state index in [2.05, 4.69) is 10.0 Å². The van der Waals surface area contributed by atoms with Crippen molar-refractivity contribution >= 4 is 27.5 Å². The molecule has 0 aromatic carbocycles. The lowest BCUT2D eigenvalue weighted by molar-refractivity contribution is 0.0474. The van der Waals surface area contributed by atoms with Crippen molar-refractivity contribution in [1.29, 1.82) is 0 Å². The van der Waals surface area contributed by atoms with E-state index in [1.54, 1.807) is 46.1 Å². The van der Waals surface area contributed by atoms with Gasteiger partial charge in [-0.15, -0.1) is 11.3 Å². The van der Waals surface area contributed by atoms with Crippen LogP contribution < -0.4 is 10.0 Å². The molecule has 6 nitrogen and oxygen atoms in total. The van der Waals surface area contributed by atoms with Gasteiger partial charge in [0.05, 0.1) is 5.54 Å². The number of carbonyl (C=O) groups is 1. The van der Waals surface area contributed by atoms with Gasteiger partial charge in [-0.3, -0.25) is 0 Å². The molecule has 8 heteroatoms. The van der Waals surface area contributed by atoms with Gasteiger partial charge in [0.2, 0.25) is 10.0 Å². The second-order valence-corrected chi connectivity index (χ2v) is 9.21. The van der Waals surface area contributed by atoms with Crippen LogP contribution in [0, 0.1) is 0 Å². The van der Waals surface area contributed by atoms with E-state index < -0.39 is 27.3 Å². The van der Waals surface area contributed by atoms with Gasteiger partial charge in [-0.25, -0.2) is 17.9 Å². The average Bonchev–Trinajstić information content (AvgIpc) is 2.77. The largest absolute Gasteiger partial charge is 0.444 e. The van der Waals surface area contributed by atoms with E-state index in [4.69, 9.17) is 4.74 Å². The number of nitrogens with one attached hydrogen (secondary N) is 2. The van der Waals surface area contributed by atoms with Crippen LogP contribution in [0.15, 0.2) is 21.7 Å². The lowest BCUT2D eigenvalue weighted by Gasteiger charge is -2.28. The Morgan fingerprint density at radius 1 is 1.29 bits per heavy atom. The van der Waals surface area contributed by atoms with Gasteiger partial charge < -0.3 is 10.1 Å². The smallest absolute Gasteiger partial charge is 0.408 e. The van der Waals surface area contributed by atoms with E-state index in [1.807, 2.05) is 0 Å². The van der Waals surface area contributed by atoms with Crippen LogP contribution in [0.2, 0.25) is 0 Å². The third kappa shape index (κ3) is 6.45. The van der Waals surface area contributed by atoms with E-state index in [1.165, 1.54) is 6.07 Å². The average molecular weight is 334 g/mol. The van der Waals surface area contributed by atoms with Crippen LogP contribution in [0.1, 0.15) is 34.6 Å². The van der Waals surface area contributed by atoms with Crippen LogP contribution in [0.4, 0.5) is 4.79 Å². The number of amides is 1. The summed E-state index contributed by atoms with van der Waals surface area (Å²) < 4.78 is 31.9. The summed E-state index contributed by atoms with van der Waals surface area (Å²) in [6, 6.07) is 3.20. The Bertz CT molecular complexity index is 572. The first-order valence-corrected chi connectivity index (χ1v) is 8.82. The van der Waals surface area contributed by atoms with Gasteiger partial charge in [-0.05, 0) is 46.1 Å². The molecular weight excluding hydrogens is 312 g/mol. The fourth-order valence-electron chi connectivity index (χ4n) is 1.39. The standard InChI is InChI=1S/C13H22N2O4S2/c1-12(2,3)19-11(16)15-13(4,5)9-14-21(17,18)10-7-6-8-20-10/h6-8,14H,9H2,1-5H3,(H,15,16). The fraction of sp³-hybridized carbons (Fsp3) is 0.615. The molecule has 0 spiro atoms. The molecule has 0 bridgehead atoms. The molecule has 1 aromatic heterocycles. The van der Waals surface area contributed by atoms with Crippen LogP contribution >= 0.6 is 11.3 Å². The SMILES string of the molecule is CC(C)(CNS(=O)(=O)c1cccs1)NC(=O)OC(C)(C)C. The summed E-state index contributed by atoms with van der Waals surface area (Å²) in [5, 5.41) is 4.34. The minimum atomic E-state index is -3.54. The quantitative estimate of drug-likeness (QED) is 0.865. The lowest BCUT2D eigenvalue weighted by Crippen LogP contribution is -2.52. The Balaban J connectivity index is 2.59. The zero-order valence-electron chi connectivity index (χ0n) is 12.9. The van der Waals surface area contributed by atoms with Gasteiger partial charge in [0.15, 0.2) is 0 Å². The predicted molar refractivity (Wildman–Crippen MR) is 83.0 cm³/mol. The summed E-state index contributed by atoms with van der Waals surface area (Å²) in [4.78, 5) is 11.7. The van der Waals surface area contributed by atoms with Gasteiger partial charge in [-0.1, -0.05) is 6.07 Å². The predicted octanol–water partition coefficient (Wildman–Crippen LogP) is 2.33. The number of carbonyl (C=O) groups excluding carboxylic acids is 1. The molecule has 21 heavy (non-hydrogen) atoms. The van der Waals surface area contributed by atoms with Crippen LogP contribution in [0.25, 0.3) is 0 Å². The Morgan fingerprint density at radius 3 is 2.38 bits per heavy atom. The Kier molecular flexibility index (Phi) is 5.40. The second-order valence-electron chi connectivity index (χ2n) is 6.27. The van der Waals surface area contributed by atoms with Gasteiger partial charge >= 0.3 is 6.09 Å². The third-order valence-electron chi connectivity index (χ3n) is 2.30. The van der Waals surface area contributed by atoms with E-state index in [0.29, 0.717) is 0 Å². The molecule has 120 valence electrons. The van der Waals surface area contributed by atoms with E-state index in [0.717, 1.165) is 11.3 Å². The first-order valence-electron chi connectivity index (χ1n) is 6.46. The molecule has 1 rings (SSSR count). The summed E-state index contributed by atoms with van der Waals surface area (Å²) in [6.07, 6.45) is -0.581. The number of thiophene rings is 1. The number of alkyl carbamates (subject to hydrolysis) is 1. The Hall–Kier alpha value is -1.12. The number of hydrogen-bond donors (Lipinski definition) is 2. The van der Waals surface area contributed by atoms with Gasteiger partial charge in [-0.2, -0.15) is 0 Å². The molecule has 0 aliphatic carbocycles. The number of rotatable bonds is 5. The molecule has 1 aromatic rings. The van der Waals surface area contributed by atoms with Crippen molar-refractivity contribution in [2.75, 3.05) is 6.54 Å². The molecule has 0 aliphatic rings. The maximum absolute atomic E-state index is 12.0. The lowest BCUT2D eigenvalue weighted by atomic mass is 10.1. The fourth-order valence-corrected chi connectivity index (χ4v) is 3.64. The van der Waals surface area contributed by atoms with E-state index in [-0.39, 0.29) is 10.8 Å². The van der Waals surface area contributed by atoms with Crippen molar-refractivity contribution in [3.05, 3.63) is 17.5 Å². The third-order valence-corrected chi connectivity index (χ3v) is 5.10. The minimum Gasteiger partial charge on any atom is -0.444 e. The number of sulfonamides is 1. The van der Waals surface area contributed by atoms with Crippen LogP contribution in [0.3, 0.4) is 0 Å². The zero-order valence-corrected chi connectivity index (χ0v) is 14.5. The monoisotopic (exact) mass is 334 g/mol. The number of hydrogen-bond acceptors (Lipinski definition) is 5. The maximum Gasteiger partial charge on any atom is 0.408 e. The van der Waals surface area contributed by atoms with Gasteiger partial charge in [0.1, 0.15) is 9.81 Å². The van der Waals surface area contributed by atoms with Crippen LogP contribution in [-0.4, -0.2) is 32.2 Å². The topological polar surface area (TPSA) is 84.5 Å². The highest BCUT2D eigenvalue weighted by atomic mass is 32.2. The molecule has 0 radical (unpaired) electrons. The zero-order chi connectivity index (χ0) is 16.3. The van der Waals surface area contributed by atoms with Gasteiger partial charge in [0.25, 0.3) is 0 Å². The number of ether oxygens (including phenoxy) is 1. The van der Waals surface area contributed by atoms with Crippen molar-refractivity contribution in [3.8, 4) is 0 Å². The van der Waals surface area contributed by atoms with Crippen molar-refractivity contribution in [1.82, 2.24) is 10.0 Å². The molecule has 0 fully saturated rings. The van der Waals surface area contributed by atoms with Crippen LogP contribution in [-0.2, 0) is 14.8 Å².